The average Bonchev–Trinajstić information content (AvgIpc) is 2.45. The predicted octanol–water partition coefficient (Wildman–Crippen LogP) is 2.98. The molecule has 0 saturated carbocycles. The van der Waals surface area contributed by atoms with Crippen molar-refractivity contribution in [1.29, 1.82) is 0 Å². The highest BCUT2D eigenvalue weighted by atomic mass is 79.9. The van der Waals surface area contributed by atoms with Gasteiger partial charge in [-0.15, -0.1) is 0 Å². The van der Waals surface area contributed by atoms with Crippen molar-refractivity contribution >= 4 is 21.9 Å². The number of halogens is 1. The van der Waals surface area contributed by atoms with Crippen molar-refractivity contribution in [2.24, 2.45) is 0 Å². The van der Waals surface area contributed by atoms with E-state index in [2.05, 4.69) is 27.8 Å². The van der Waals surface area contributed by atoms with Crippen molar-refractivity contribution in [3.05, 3.63) is 34.8 Å². The predicted molar refractivity (Wildman–Crippen MR) is 85.0 cm³/mol. The second-order valence-corrected chi connectivity index (χ2v) is 5.24. The zero-order valence-corrected chi connectivity index (χ0v) is 13.6. The van der Waals surface area contributed by atoms with E-state index in [0.29, 0.717) is 37.6 Å². The number of carboxylic acid groups (broad SMARTS) is 1. The van der Waals surface area contributed by atoms with Crippen LogP contribution >= 0.6 is 15.9 Å². The third-order valence-corrected chi connectivity index (χ3v) is 3.30. The van der Waals surface area contributed by atoms with Gasteiger partial charge in [-0.2, -0.15) is 0 Å². The molecule has 0 aliphatic rings. The molecule has 0 spiro atoms. The molecular weight excluding hydrogens is 338 g/mol. The third kappa shape index (κ3) is 6.18. The lowest BCUT2D eigenvalue weighted by Gasteiger charge is -2.13. The summed E-state index contributed by atoms with van der Waals surface area (Å²) >= 11 is 3.47. The Morgan fingerprint density at radius 1 is 1.52 bits per heavy atom. The SMILES string of the molecule is C=CCOc1c(Br)cc(CNCCCC(=O)O)cc1OC. The Hall–Kier alpha value is -1.53. The van der Waals surface area contributed by atoms with Gasteiger partial charge in [0.1, 0.15) is 6.61 Å². The molecule has 1 aromatic rings. The second kappa shape index (κ2) is 9.41. The summed E-state index contributed by atoms with van der Waals surface area (Å²) in [7, 11) is 1.59. The van der Waals surface area contributed by atoms with E-state index in [4.69, 9.17) is 14.6 Å². The van der Waals surface area contributed by atoms with Crippen molar-refractivity contribution in [2.75, 3.05) is 20.3 Å². The number of rotatable bonds is 10. The van der Waals surface area contributed by atoms with Gasteiger partial charge >= 0.3 is 5.97 Å². The van der Waals surface area contributed by atoms with Crippen LogP contribution in [0.3, 0.4) is 0 Å². The van der Waals surface area contributed by atoms with Gasteiger partial charge in [0.15, 0.2) is 11.5 Å². The molecule has 0 heterocycles. The van der Waals surface area contributed by atoms with Crippen LogP contribution in [-0.4, -0.2) is 31.3 Å². The molecule has 0 bridgehead atoms. The average molecular weight is 358 g/mol. The second-order valence-electron chi connectivity index (χ2n) is 4.38. The molecule has 5 nitrogen and oxygen atoms in total. The standard InChI is InChI=1S/C15H20BrNO4/c1-3-7-21-15-12(16)8-11(9-13(15)20-2)10-17-6-4-5-14(18)19/h3,8-9,17H,1,4-7,10H2,2H3,(H,18,19). The van der Waals surface area contributed by atoms with Gasteiger partial charge in [-0.1, -0.05) is 12.7 Å². The minimum atomic E-state index is -0.773. The quantitative estimate of drug-likeness (QED) is 0.497. The number of hydrogen-bond donors (Lipinski definition) is 2. The van der Waals surface area contributed by atoms with E-state index < -0.39 is 5.97 Å². The number of benzene rings is 1. The van der Waals surface area contributed by atoms with Gasteiger partial charge in [0.25, 0.3) is 0 Å². The third-order valence-electron chi connectivity index (χ3n) is 2.71. The molecule has 116 valence electrons. The minimum Gasteiger partial charge on any atom is -0.493 e. The number of methoxy groups -OCH3 is 1. The first-order valence-electron chi connectivity index (χ1n) is 6.61. The van der Waals surface area contributed by atoms with Gasteiger partial charge in [0.05, 0.1) is 11.6 Å². The first-order valence-corrected chi connectivity index (χ1v) is 7.40. The summed E-state index contributed by atoms with van der Waals surface area (Å²) in [6.07, 6.45) is 2.45. The molecule has 0 fully saturated rings. The smallest absolute Gasteiger partial charge is 0.303 e. The molecule has 2 N–H and O–H groups in total. The van der Waals surface area contributed by atoms with Crippen molar-refractivity contribution in [1.82, 2.24) is 5.32 Å². The minimum absolute atomic E-state index is 0.175. The van der Waals surface area contributed by atoms with Gasteiger partial charge in [-0.3, -0.25) is 4.79 Å². The van der Waals surface area contributed by atoms with Crippen LogP contribution in [0.4, 0.5) is 0 Å². The summed E-state index contributed by atoms with van der Waals surface area (Å²) < 4.78 is 11.7. The molecule has 0 radical (unpaired) electrons. The molecule has 21 heavy (non-hydrogen) atoms. The molecule has 1 aromatic carbocycles. The monoisotopic (exact) mass is 357 g/mol. The van der Waals surface area contributed by atoms with Crippen LogP contribution in [0, 0.1) is 0 Å². The Kier molecular flexibility index (Phi) is 7.85. The number of carboxylic acids is 1. The fourth-order valence-electron chi connectivity index (χ4n) is 1.75. The molecule has 0 amide bonds. The Morgan fingerprint density at radius 2 is 2.29 bits per heavy atom. The lowest BCUT2D eigenvalue weighted by Crippen LogP contribution is -2.16. The Bertz CT molecular complexity index is 491. The van der Waals surface area contributed by atoms with Gasteiger partial charge in [0, 0.05) is 13.0 Å². The van der Waals surface area contributed by atoms with E-state index >= 15 is 0 Å². The first-order chi connectivity index (χ1) is 10.1. The van der Waals surface area contributed by atoms with Crippen LogP contribution in [0.15, 0.2) is 29.3 Å². The van der Waals surface area contributed by atoms with Crippen LogP contribution in [0.5, 0.6) is 11.5 Å². The van der Waals surface area contributed by atoms with E-state index in [0.717, 1.165) is 10.0 Å². The summed E-state index contributed by atoms with van der Waals surface area (Å²) in [4.78, 5) is 10.4. The maximum absolute atomic E-state index is 10.4. The molecule has 0 atom stereocenters. The van der Waals surface area contributed by atoms with Crippen LogP contribution in [-0.2, 0) is 11.3 Å². The van der Waals surface area contributed by atoms with Crippen molar-refractivity contribution < 1.29 is 19.4 Å². The van der Waals surface area contributed by atoms with E-state index in [1.807, 2.05) is 12.1 Å². The van der Waals surface area contributed by atoms with Crippen molar-refractivity contribution in [2.45, 2.75) is 19.4 Å². The first kappa shape index (κ1) is 17.5. The van der Waals surface area contributed by atoms with E-state index in [-0.39, 0.29) is 6.42 Å². The van der Waals surface area contributed by atoms with Crippen LogP contribution in [0.2, 0.25) is 0 Å². The number of carbonyl (C=O) groups is 1. The maximum Gasteiger partial charge on any atom is 0.303 e. The van der Waals surface area contributed by atoms with Crippen LogP contribution in [0.25, 0.3) is 0 Å². The highest BCUT2D eigenvalue weighted by molar-refractivity contribution is 9.10. The lowest BCUT2D eigenvalue weighted by atomic mass is 10.2. The molecule has 0 aromatic heterocycles. The summed E-state index contributed by atoms with van der Waals surface area (Å²) in [5, 5.41) is 11.8. The zero-order chi connectivity index (χ0) is 15.7. The Labute approximate surface area is 133 Å². The van der Waals surface area contributed by atoms with E-state index in [1.54, 1.807) is 13.2 Å². The summed E-state index contributed by atoms with van der Waals surface area (Å²) in [5.74, 6) is 0.519. The van der Waals surface area contributed by atoms with Gasteiger partial charge in [-0.25, -0.2) is 0 Å². The van der Waals surface area contributed by atoms with Crippen molar-refractivity contribution in [3.63, 3.8) is 0 Å². The molecule has 0 saturated heterocycles. The van der Waals surface area contributed by atoms with Crippen LogP contribution in [0.1, 0.15) is 18.4 Å². The summed E-state index contributed by atoms with van der Waals surface area (Å²) in [6.45, 7) is 5.31. The highest BCUT2D eigenvalue weighted by Crippen LogP contribution is 2.36. The number of nitrogens with one attached hydrogen (secondary N) is 1. The number of hydrogen-bond acceptors (Lipinski definition) is 4. The fourth-order valence-corrected chi connectivity index (χ4v) is 2.36. The normalized spacial score (nSPS) is 10.2. The topological polar surface area (TPSA) is 67.8 Å². The fraction of sp³-hybridized carbons (Fsp3) is 0.400. The van der Waals surface area contributed by atoms with Gasteiger partial charge < -0.3 is 19.9 Å². The highest BCUT2D eigenvalue weighted by Gasteiger charge is 2.11. The summed E-state index contributed by atoms with van der Waals surface area (Å²) in [6, 6.07) is 3.85. The van der Waals surface area contributed by atoms with Gasteiger partial charge in [0.2, 0.25) is 0 Å². The van der Waals surface area contributed by atoms with Crippen molar-refractivity contribution in [3.8, 4) is 11.5 Å². The maximum atomic E-state index is 10.4. The molecule has 0 aliphatic carbocycles. The van der Waals surface area contributed by atoms with E-state index in [1.165, 1.54) is 0 Å². The summed E-state index contributed by atoms with van der Waals surface area (Å²) in [5.41, 5.74) is 1.03. The van der Waals surface area contributed by atoms with E-state index in [9.17, 15) is 4.79 Å². The lowest BCUT2D eigenvalue weighted by molar-refractivity contribution is -0.137. The number of ether oxygens (including phenoxy) is 2. The molecular formula is C15H20BrNO4. The Balaban J connectivity index is 2.61. The molecule has 6 heteroatoms. The molecule has 1 rings (SSSR count). The van der Waals surface area contributed by atoms with Crippen LogP contribution < -0.4 is 14.8 Å². The molecule has 0 unspecified atom stereocenters. The Morgan fingerprint density at radius 3 is 2.90 bits per heavy atom. The van der Waals surface area contributed by atoms with Gasteiger partial charge in [-0.05, 0) is 46.6 Å². The zero-order valence-electron chi connectivity index (χ0n) is 12.0. The number of aliphatic carboxylic acids is 1. The molecule has 0 aliphatic heterocycles. The largest absolute Gasteiger partial charge is 0.493 e.